The predicted molar refractivity (Wildman–Crippen MR) is 65.3 cm³/mol. The van der Waals surface area contributed by atoms with E-state index in [4.69, 9.17) is 4.74 Å². The molecule has 3 N–H and O–H groups in total. The molecule has 1 aromatic heterocycles. The van der Waals surface area contributed by atoms with Gasteiger partial charge in [0, 0.05) is 24.4 Å². The number of carbonyl (C=O) groups is 1. The second kappa shape index (κ2) is 4.70. The highest BCUT2D eigenvalue weighted by atomic mass is 16.5. The molecule has 2 aromatic rings. The fourth-order valence-electron chi connectivity index (χ4n) is 2.32. The molecular formula is C13H16N2O3. The van der Waals surface area contributed by atoms with Gasteiger partial charge in [-0.25, -0.2) is 0 Å². The van der Waals surface area contributed by atoms with Crippen molar-refractivity contribution in [3.05, 3.63) is 29.5 Å². The van der Waals surface area contributed by atoms with Crippen LogP contribution in [0.1, 0.15) is 16.1 Å². The maximum atomic E-state index is 11.3. The van der Waals surface area contributed by atoms with Crippen molar-refractivity contribution in [3.63, 3.8) is 0 Å². The summed E-state index contributed by atoms with van der Waals surface area (Å²) in [7, 11) is 3.32. The van der Waals surface area contributed by atoms with Crippen LogP contribution >= 0.6 is 0 Å². The van der Waals surface area contributed by atoms with E-state index in [1.807, 2.05) is 18.2 Å². The first kappa shape index (κ1) is 12.4. The van der Waals surface area contributed by atoms with Gasteiger partial charge in [-0.3, -0.25) is 0 Å². The summed E-state index contributed by atoms with van der Waals surface area (Å²) in [5, 5.41) is 12.1. The van der Waals surface area contributed by atoms with Gasteiger partial charge in [-0.05, 0) is 23.8 Å². The second-order valence-electron chi connectivity index (χ2n) is 4.16. The van der Waals surface area contributed by atoms with E-state index < -0.39 is 5.97 Å². The molecule has 18 heavy (non-hydrogen) atoms. The fourth-order valence-corrected chi connectivity index (χ4v) is 2.32. The molecule has 0 spiro atoms. The van der Waals surface area contributed by atoms with Crippen LogP contribution in [-0.2, 0) is 13.5 Å². The monoisotopic (exact) mass is 248 g/mol. The Labute approximate surface area is 105 Å². The van der Waals surface area contributed by atoms with E-state index in [0.717, 1.165) is 16.5 Å². The molecule has 2 rings (SSSR count). The van der Waals surface area contributed by atoms with Crippen LogP contribution in [0.3, 0.4) is 0 Å². The summed E-state index contributed by atoms with van der Waals surface area (Å²) < 4.78 is 6.83. The van der Waals surface area contributed by atoms with Crippen molar-refractivity contribution in [3.8, 4) is 5.75 Å². The maximum absolute atomic E-state index is 11.3. The van der Waals surface area contributed by atoms with Crippen molar-refractivity contribution in [1.82, 2.24) is 4.57 Å². The average Bonchev–Trinajstić information content (AvgIpc) is 2.63. The van der Waals surface area contributed by atoms with Crippen molar-refractivity contribution in [2.24, 2.45) is 7.05 Å². The van der Waals surface area contributed by atoms with Crippen LogP contribution in [0, 0.1) is 0 Å². The van der Waals surface area contributed by atoms with Crippen LogP contribution in [-0.4, -0.2) is 24.2 Å². The quantitative estimate of drug-likeness (QED) is 0.779. The Kier molecular flexibility index (Phi) is 3.25. The van der Waals surface area contributed by atoms with Gasteiger partial charge < -0.3 is 24.9 Å². The van der Waals surface area contributed by atoms with Gasteiger partial charge in [-0.2, -0.15) is 0 Å². The lowest BCUT2D eigenvalue weighted by molar-refractivity contribution is -0.366. The first-order valence-electron chi connectivity index (χ1n) is 5.76. The van der Waals surface area contributed by atoms with Crippen LogP contribution < -0.4 is 15.6 Å². The number of aromatic carboxylic acids is 1. The number of carboxylic acid groups (broad SMARTS) is 1. The molecule has 0 unspecified atom stereocenters. The molecule has 1 heterocycles. The number of carbonyl (C=O) groups excluding carboxylic acids is 1. The minimum absolute atomic E-state index is 0.224. The highest BCUT2D eigenvalue weighted by Gasteiger charge is 2.16. The molecule has 0 atom stereocenters. The fraction of sp³-hybridized carbons (Fsp3) is 0.308. The number of aromatic nitrogens is 1. The molecule has 0 fully saturated rings. The van der Waals surface area contributed by atoms with Gasteiger partial charge in [0.1, 0.15) is 5.75 Å². The number of aryl methyl sites for hydroxylation is 1. The van der Waals surface area contributed by atoms with Crippen molar-refractivity contribution in [1.29, 1.82) is 0 Å². The van der Waals surface area contributed by atoms with Crippen LogP contribution in [0.4, 0.5) is 0 Å². The standard InChI is InChI=1S/C13H16N2O3/c1-15-11-4-3-8(18-2)7-10(11)9(5-6-14)12(15)13(16)17/h3-4,7H,5-6,14H2,1-2H3,(H,16,17). The summed E-state index contributed by atoms with van der Waals surface area (Å²) in [6.45, 7) is 0.636. The zero-order chi connectivity index (χ0) is 13.3. The minimum atomic E-state index is -1.16. The number of benzene rings is 1. The number of rotatable bonds is 4. The SMILES string of the molecule is COc1ccc2c(c1)c(CC[NH3+])c(C(=O)[O-])n2C. The van der Waals surface area contributed by atoms with Gasteiger partial charge in [-0.15, -0.1) is 0 Å². The van der Waals surface area contributed by atoms with E-state index in [0.29, 0.717) is 18.7 Å². The lowest BCUT2D eigenvalue weighted by Gasteiger charge is -2.07. The van der Waals surface area contributed by atoms with Gasteiger partial charge in [0.15, 0.2) is 0 Å². The zero-order valence-corrected chi connectivity index (χ0v) is 10.5. The summed E-state index contributed by atoms with van der Waals surface area (Å²) in [4.78, 5) is 11.3. The van der Waals surface area contributed by atoms with E-state index in [1.54, 1.807) is 18.7 Å². The number of methoxy groups -OCH3 is 1. The zero-order valence-electron chi connectivity index (χ0n) is 10.5. The Hall–Kier alpha value is -2.01. The van der Waals surface area contributed by atoms with Crippen molar-refractivity contribution in [2.75, 3.05) is 13.7 Å². The molecule has 96 valence electrons. The lowest BCUT2D eigenvalue weighted by Crippen LogP contribution is -2.51. The lowest BCUT2D eigenvalue weighted by atomic mass is 10.1. The molecule has 0 amide bonds. The highest BCUT2D eigenvalue weighted by molar-refractivity contribution is 5.97. The molecule has 0 saturated heterocycles. The topological polar surface area (TPSA) is 81.9 Å². The maximum Gasteiger partial charge on any atom is 0.119 e. The van der Waals surface area contributed by atoms with Crippen LogP contribution in [0.2, 0.25) is 0 Å². The van der Waals surface area contributed by atoms with Crippen molar-refractivity contribution in [2.45, 2.75) is 6.42 Å². The Balaban J connectivity index is 2.79. The molecule has 5 nitrogen and oxygen atoms in total. The van der Waals surface area contributed by atoms with Crippen LogP contribution in [0.25, 0.3) is 10.9 Å². The summed E-state index contributed by atoms with van der Waals surface area (Å²) in [6, 6.07) is 5.52. The Bertz CT molecular complexity index is 602. The van der Waals surface area contributed by atoms with Gasteiger partial charge in [-0.1, -0.05) is 0 Å². The van der Waals surface area contributed by atoms with E-state index in [9.17, 15) is 9.90 Å². The molecule has 0 saturated carbocycles. The highest BCUT2D eigenvalue weighted by Crippen LogP contribution is 2.28. The van der Waals surface area contributed by atoms with Crippen molar-refractivity contribution >= 4 is 16.9 Å². The number of hydrogen-bond donors (Lipinski definition) is 1. The number of quaternary nitrogens is 1. The van der Waals surface area contributed by atoms with Gasteiger partial charge in [0.05, 0.1) is 25.3 Å². The first-order valence-corrected chi connectivity index (χ1v) is 5.76. The third kappa shape index (κ3) is 1.82. The number of fused-ring (bicyclic) bond motifs is 1. The predicted octanol–water partition coefficient (Wildman–Crippen LogP) is -0.665. The summed E-state index contributed by atoms with van der Waals surface area (Å²) in [6.07, 6.45) is 0.605. The van der Waals surface area contributed by atoms with Gasteiger partial charge in [0.25, 0.3) is 0 Å². The molecule has 0 bridgehead atoms. The molecule has 5 heteroatoms. The third-order valence-electron chi connectivity index (χ3n) is 3.13. The first-order chi connectivity index (χ1) is 8.60. The van der Waals surface area contributed by atoms with E-state index in [-0.39, 0.29) is 5.69 Å². The Morgan fingerprint density at radius 2 is 2.22 bits per heavy atom. The van der Waals surface area contributed by atoms with Gasteiger partial charge in [0.2, 0.25) is 0 Å². The largest absolute Gasteiger partial charge is 0.543 e. The minimum Gasteiger partial charge on any atom is -0.543 e. The number of ether oxygens (including phenoxy) is 1. The number of hydrogen-bond acceptors (Lipinski definition) is 3. The van der Waals surface area contributed by atoms with Crippen LogP contribution in [0.5, 0.6) is 5.75 Å². The molecule has 0 radical (unpaired) electrons. The van der Waals surface area contributed by atoms with Crippen LogP contribution in [0.15, 0.2) is 18.2 Å². The normalized spacial score (nSPS) is 10.8. The summed E-state index contributed by atoms with van der Waals surface area (Å²) in [5.74, 6) is -0.445. The second-order valence-corrected chi connectivity index (χ2v) is 4.16. The average molecular weight is 248 g/mol. The van der Waals surface area contributed by atoms with Crippen molar-refractivity contribution < 1.29 is 20.4 Å². The summed E-state index contributed by atoms with van der Waals surface area (Å²) in [5.41, 5.74) is 5.64. The number of carboxylic acids is 1. The smallest absolute Gasteiger partial charge is 0.119 e. The molecule has 0 aliphatic rings. The number of nitrogens with zero attached hydrogens (tertiary/aromatic N) is 1. The molecule has 0 aliphatic heterocycles. The summed E-state index contributed by atoms with van der Waals surface area (Å²) >= 11 is 0. The third-order valence-corrected chi connectivity index (χ3v) is 3.13. The molecule has 1 aromatic carbocycles. The Morgan fingerprint density at radius 3 is 2.78 bits per heavy atom. The molecule has 0 aliphatic carbocycles. The van der Waals surface area contributed by atoms with Gasteiger partial charge >= 0.3 is 0 Å². The Morgan fingerprint density at radius 1 is 1.50 bits per heavy atom. The van der Waals surface area contributed by atoms with E-state index >= 15 is 0 Å². The molecular weight excluding hydrogens is 232 g/mol. The van der Waals surface area contributed by atoms with E-state index in [1.165, 1.54) is 0 Å². The van der Waals surface area contributed by atoms with E-state index in [2.05, 4.69) is 5.73 Å².